The van der Waals surface area contributed by atoms with Crippen molar-refractivity contribution in [1.29, 1.82) is 0 Å². The van der Waals surface area contributed by atoms with Gasteiger partial charge in [0.2, 0.25) is 0 Å². The summed E-state index contributed by atoms with van der Waals surface area (Å²) in [5.41, 5.74) is 4.17. The van der Waals surface area contributed by atoms with E-state index >= 15 is 0 Å². The first kappa shape index (κ1) is 25.9. The van der Waals surface area contributed by atoms with Crippen LogP contribution in [0.2, 0.25) is 0 Å². The lowest BCUT2D eigenvalue weighted by atomic mass is 9.98. The van der Waals surface area contributed by atoms with Crippen molar-refractivity contribution in [1.82, 2.24) is 0 Å². The van der Waals surface area contributed by atoms with Gasteiger partial charge in [0.25, 0.3) is 0 Å². The average molecular weight is 480 g/mol. The van der Waals surface area contributed by atoms with Crippen molar-refractivity contribution < 1.29 is 29.2 Å². The molecule has 1 atom stereocenters. The zero-order chi connectivity index (χ0) is 25.2. The lowest BCUT2D eigenvalue weighted by Crippen LogP contribution is -2.20. The van der Waals surface area contributed by atoms with E-state index in [1.54, 1.807) is 33.5 Å². The Labute approximate surface area is 206 Å². The Morgan fingerprint density at radius 1 is 0.886 bits per heavy atom. The number of aliphatic hydroxyl groups excluding tert-OH is 1. The highest BCUT2D eigenvalue weighted by Gasteiger charge is 2.21. The van der Waals surface area contributed by atoms with Crippen molar-refractivity contribution in [2.45, 2.75) is 38.3 Å². The molecule has 3 N–H and O–H groups in total. The van der Waals surface area contributed by atoms with E-state index in [4.69, 9.17) is 14.2 Å². The second-order valence-electron chi connectivity index (χ2n) is 8.19. The van der Waals surface area contributed by atoms with Gasteiger partial charge in [0, 0.05) is 6.07 Å². The van der Waals surface area contributed by atoms with Crippen LogP contribution in [0.15, 0.2) is 60.7 Å². The van der Waals surface area contributed by atoms with Crippen molar-refractivity contribution in [2.24, 2.45) is 0 Å². The number of hydrogen-bond acceptors (Lipinski definition) is 6. The van der Waals surface area contributed by atoms with Crippen molar-refractivity contribution in [3.8, 4) is 17.2 Å². The molecule has 0 amide bonds. The van der Waals surface area contributed by atoms with Crippen molar-refractivity contribution in [2.75, 3.05) is 26.6 Å². The number of carboxylic acid groups (broad SMARTS) is 1. The molecule has 0 radical (unpaired) electrons. The van der Waals surface area contributed by atoms with E-state index in [2.05, 4.69) is 5.32 Å². The maximum atomic E-state index is 11.9. The normalized spacial score (nSPS) is 11.5. The monoisotopic (exact) mass is 479 g/mol. The average Bonchev–Trinajstić information content (AvgIpc) is 2.89. The number of hydrogen-bond donors (Lipinski definition) is 3. The fraction of sp³-hybridized carbons (Fsp3) is 0.321. The van der Waals surface area contributed by atoms with Crippen LogP contribution in [0, 0.1) is 0 Å². The standard InChI is InChI=1S/C28H33NO6/c1-33-22-16-21(18-30)23(26(17-22)35-3)12-8-7-9-19-13-14-25(34-2)24(15-19)29-27(28(31)32)20-10-5-4-6-11-20/h4-6,10-11,13-17,27,29-30H,7-9,12,18H2,1-3H3,(H,31,32). The molecule has 0 saturated heterocycles. The topological polar surface area (TPSA) is 97.2 Å². The second-order valence-corrected chi connectivity index (χ2v) is 8.19. The SMILES string of the molecule is COc1cc(CO)c(CCCCc2ccc(OC)c(NC(C(=O)O)c3ccccc3)c2)c(OC)c1. The summed E-state index contributed by atoms with van der Waals surface area (Å²) in [6.07, 6.45) is 3.38. The van der Waals surface area contributed by atoms with E-state index in [9.17, 15) is 15.0 Å². The summed E-state index contributed by atoms with van der Waals surface area (Å²) in [6, 6.07) is 17.7. The van der Waals surface area contributed by atoms with Crippen molar-refractivity contribution in [3.63, 3.8) is 0 Å². The summed E-state index contributed by atoms with van der Waals surface area (Å²) in [5, 5.41) is 22.7. The number of nitrogens with one attached hydrogen (secondary N) is 1. The van der Waals surface area contributed by atoms with E-state index in [1.807, 2.05) is 48.5 Å². The molecule has 0 saturated carbocycles. The highest BCUT2D eigenvalue weighted by Crippen LogP contribution is 2.32. The van der Waals surface area contributed by atoms with Gasteiger partial charge >= 0.3 is 5.97 Å². The zero-order valence-corrected chi connectivity index (χ0v) is 20.4. The number of carboxylic acids is 1. The summed E-state index contributed by atoms with van der Waals surface area (Å²) in [4.78, 5) is 11.9. The fourth-order valence-corrected chi connectivity index (χ4v) is 4.14. The van der Waals surface area contributed by atoms with Gasteiger partial charge in [0.1, 0.15) is 17.2 Å². The lowest BCUT2D eigenvalue weighted by Gasteiger charge is -2.19. The second kappa shape index (κ2) is 12.7. The summed E-state index contributed by atoms with van der Waals surface area (Å²) in [5.74, 6) is 0.997. The minimum atomic E-state index is -0.961. The molecular weight excluding hydrogens is 446 g/mol. The summed E-state index contributed by atoms with van der Waals surface area (Å²) in [6.45, 7) is -0.0808. The third-order valence-electron chi connectivity index (χ3n) is 5.99. The number of methoxy groups -OCH3 is 3. The van der Waals surface area contributed by atoms with Crippen LogP contribution in [-0.2, 0) is 24.2 Å². The number of aryl methyl sites for hydroxylation is 1. The molecule has 7 nitrogen and oxygen atoms in total. The quantitative estimate of drug-likeness (QED) is 0.297. The molecule has 3 aromatic carbocycles. The Hall–Kier alpha value is -3.71. The number of aliphatic carboxylic acids is 1. The minimum absolute atomic E-state index is 0.0808. The van der Waals surface area contributed by atoms with E-state index in [1.165, 1.54) is 0 Å². The number of unbranched alkanes of at least 4 members (excludes halogenated alkanes) is 1. The number of carbonyl (C=O) groups is 1. The smallest absolute Gasteiger partial charge is 0.330 e. The number of ether oxygens (including phenoxy) is 3. The van der Waals surface area contributed by atoms with Crippen LogP contribution < -0.4 is 19.5 Å². The van der Waals surface area contributed by atoms with Crippen LogP contribution in [-0.4, -0.2) is 37.5 Å². The van der Waals surface area contributed by atoms with Gasteiger partial charge in [-0.15, -0.1) is 0 Å². The molecule has 0 fully saturated rings. The molecule has 0 bridgehead atoms. The molecular formula is C28H33NO6. The molecule has 7 heteroatoms. The predicted octanol–water partition coefficient (Wildman–Crippen LogP) is 5.01. The van der Waals surface area contributed by atoms with Gasteiger partial charge in [-0.3, -0.25) is 0 Å². The van der Waals surface area contributed by atoms with Gasteiger partial charge in [-0.2, -0.15) is 0 Å². The molecule has 0 spiro atoms. The molecule has 0 heterocycles. The molecule has 186 valence electrons. The Balaban J connectivity index is 1.69. The number of aliphatic hydroxyl groups is 1. The molecule has 3 rings (SSSR count). The lowest BCUT2D eigenvalue weighted by molar-refractivity contribution is -0.138. The van der Waals surface area contributed by atoms with Gasteiger partial charge in [0.15, 0.2) is 6.04 Å². The molecule has 35 heavy (non-hydrogen) atoms. The number of benzene rings is 3. The Morgan fingerprint density at radius 2 is 1.60 bits per heavy atom. The van der Waals surface area contributed by atoms with E-state index in [0.717, 1.165) is 42.4 Å². The van der Waals surface area contributed by atoms with Gasteiger partial charge in [0.05, 0.1) is 33.6 Å². The van der Waals surface area contributed by atoms with Gasteiger partial charge < -0.3 is 29.7 Å². The Kier molecular flexibility index (Phi) is 9.38. The first-order valence-corrected chi connectivity index (χ1v) is 11.6. The summed E-state index contributed by atoms with van der Waals surface area (Å²) in [7, 11) is 4.77. The van der Waals surface area contributed by atoms with E-state index in [0.29, 0.717) is 28.5 Å². The van der Waals surface area contributed by atoms with Crippen LogP contribution in [0.1, 0.15) is 41.1 Å². The molecule has 3 aromatic rings. The van der Waals surface area contributed by atoms with Crippen LogP contribution in [0.5, 0.6) is 17.2 Å². The van der Waals surface area contributed by atoms with Gasteiger partial charge in [-0.05, 0) is 66.1 Å². The minimum Gasteiger partial charge on any atom is -0.497 e. The Bertz CT molecular complexity index is 1090. The van der Waals surface area contributed by atoms with Crippen molar-refractivity contribution >= 4 is 11.7 Å². The van der Waals surface area contributed by atoms with E-state index in [-0.39, 0.29) is 6.61 Å². The van der Waals surface area contributed by atoms with E-state index < -0.39 is 12.0 Å². The molecule has 0 aliphatic heterocycles. The zero-order valence-electron chi connectivity index (χ0n) is 20.4. The highest BCUT2D eigenvalue weighted by atomic mass is 16.5. The van der Waals surface area contributed by atoms with Crippen LogP contribution in [0.25, 0.3) is 0 Å². The highest BCUT2D eigenvalue weighted by molar-refractivity contribution is 5.80. The largest absolute Gasteiger partial charge is 0.497 e. The Morgan fingerprint density at radius 3 is 2.23 bits per heavy atom. The maximum absolute atomic E-state index is 11.9. The third kappa shape index (κ3) is 6.67. The molecule has 1 unspecified atom stereocenters. The first-order valence-electron chi connectivity index (χ1n) is 11.6. The number of rotatable bonds is 13. The van der Waals surface area contributed by atoms with Crippen LogP contribution >= 0.6 is 0 Å². The summed E-state index contributed by atoms with van der Waals surface area (Å²) >= 11 is 0. The molecule has 0 aromatic heterocycles. The number of anilines is 1. The maximum Gasteiger partial charge on any atom is 0.330 e. The summed E-state index contributed by atoms with van der Waals surface area (Å²) < 4.78 is 16.3. The fourth-order valence-electron chi connectivity index (χ4n) is 4.14. The van der Waals surface area contributed by atoms with Crippen LogP contribution in [0.4, 0.5) is 5.69 Å². The third-order valence-corrected chi connectivity index (χ3v) is 5.99. The first-order chi connectivity index (χ1) is 17.0. The van der Waals surface area contributed by atoms with Gasteiger partial charge in [-0.1, -0.05) is 36.4 Å². The van der Waals surface area contributed by atoms with Crippen LogP contribution in [0.3, 0.4) is 0 Å². The predicted molar refractivity (Wildman–Crippen MR) is 136 cm³/mol. The van der Waals surface area contributed by atoms with Crippen molar-refractivity contribution in [3.05, 3.63) is 82.9 Å². The molecule has 0 aliphatic carbocycles. The molecule has 0 aliphatic rings. The van der Waals surface area contributed by atoms with Gasteiger partial charge in [-0.25, -0.2) is 4.79 Å².